The first-order chi connectivity index (χ1) is 11.9. The molecular formula is C16H17N3O6. The summed E-state index contributed by atoms with van der Waals surface area (Å²) in [5, 5.41) is 16.8. The lowest BCUT2D eigenvalue weighted by Crippen LogP contribution is -2.28. The van der Waals surface area contributed by atoms with Crippen molar-refractivity contribution in [2.45, 2.75) is 13.0 Å². The normalized spacial score (nSPS) is 10.5. The van der Waals surface area contributed by atoms with Crippen LogP contribution in [0.2, 0.25) is 0 Å². The van der Waals surface area contributed by atoms with Crippen molar-refractivity contribution < 1.29 is 29.0 Å². The van der Waals surface area contributed by atoms with Gasteiger partial charge in [-0.2, -0.15) is 0 Å². The van der Waals surface area contributed by atoms with Gasteiger partial charge in [0.15, 0.2) is 5.92 Å². The average molecular weight is 347 g/mol. The van der Waals surface area contributed by atoms with Crippen molar-refractivity contribution in [2.24, 2.45) is 5.92 Å². The van der Waals surface area contributed by atoms with Crippen LogP contribution in [0, 0.1) is 5.92 Å². The Hall–Kier alpha value is -3.23. The highest BCUT2D eigenvalue weighted by atomic mass is 16.5. The number of nitrogens with zero attached hydrogens (tertiary/aromatic N) is 3. The quantitative estimate of drug-likeness (QED) is 0.569. The van der Waals surface area contributed by atoms with Gasteiger partial charge in [0.25, 0.3) is 0 Å². The van der Waals surface area contributed by atoms with E-state index in [0.29, 0.717) is 12.2 Å². The molecule has 1 aromatic carbocycles. The summed E-state index contributed by atoms with van der Waals surface area (Å²) in [5.41, 5.74) is 1.46. The van der Waals surface area contributed by atoms with E-state index in [-0.39, 0.29) is 12.0 Å². The molecule has 0 atom stereocenters. The predicted molar refractivity (Wildman–Crippen MR) is 83.8 cm³/mol. The van der Waals surface area contributed by atoms with Gasteiger partial charge in [-0.25, -0.2) is 9.48 Å². The second-order valence-electron chi connectivity index (χ2n) is 5.21. The van der Waals surface area contributed by atoms with Crippen LogP contribution >= 0.6 is 0 Å². The molecule has 25 heavy (non-hydrogen) atoms. The number of rotatable bonds is 7. The summed E-state index contributed by atoms with van der Waals surface area (Å²) >= 11 is 0. The fourth-order valence-electron chi connectivity index (χ4n) is 2.21. The highest BCUT2D eigenvalue weighted by Gasteiger charge is 2.29. The van der Waals surface area contributed by atoms with Crippen molar-refractivity contribution in [3.05, 3.63) is 47.3 Å². The maximum absolute atomic E-state index is 11.7. The van der Waals surface area contributed by atoms with Gasteiger partial charge in [-0.15, -0.1) is 5.10 Å². The first kappa shape index (κ1) is 18.1. The van der Waals surface area contributed by atoms with Crippen LogP contribution in [-0.2, 0) is 32.0 Å². The smallest absolute Gasteiger partial charge is 0.335 e. The van der Waals surface area contributed by atoms with E-state index in [0.717, 1.165) is 5.56 Å². The zero-order valence-electron chi connectivity index (χ0n) is 13.7. The molecule has 0 amide bonds. The van der Waals surface area contributed by atoms with Crippen LogP contribution in [0.1, 0.15) is 21.6 Å². The minimum Gasteiger partial charge on any atom is -0.478 e. The Morgan fingerprint density at radius 1 is 1.12 bits per heavy atom. The van der Waals surface area contributed by atoms with Crippen LogP contribution in [0.4, 0.5) is 0 Å². The molecule has 9 nitrogen and oxygen atoms in total. The summed E-state index contributed by atoms with van der Waals surface area (Å²) < 4.78 is 10.7. The van der Waals surface area contributed by atoms with E-state index in [1.165, 1.54) is 31.0 Å². The van der Waals surface area contributed by atoms with Crippen molar-refractivity contribution in [2.75, 3.05) is 14.2 Å². The molecule has 2 rings (SSSR count). The summed E-state index contributed by atoms with van der Waals surface area (Å²) in [6.07, 6.45) is 1.61. The van der Waals surface area contributed by atoms with E-state index in [9.17, 15) is 14.4 Å². The summed E-state index contributed by atoms with van der Waals surface area (Å²) in [6.45, 7) is 0.369. The number of ether oxygens (including phenoxy) is 2. The Balaban J connectivity index is 2.07. The van der Waals surface area contributed by atoms with Crippen LogP contribution in [-0.4, -0.2) is 52.2 Å². The van der Waals surface area contributed by atoms with Crippen LogP contribution in [0.3, 0.4) is 0 Å². The Morgan fingerprint density at radius 3 is 2.24 bits per heavy atom. The third-order valence-corrected chi connectivity index (χ3v) is 3.52. The molecule has 1 heterocycles. The van der Waals surface area contributed by atoms with E-state index in [4.69, 9.17) is 5.11 Å². The Kier molecular flexibility index (Phi) is 5.83. The van der Waals surface area contributed by atoms with E-state index < -0.39 is 23.8 Å². The van der Waals surface area contributed by atoms with E-state index in [1.54, 1.807) is 18.3 Å². The molecule has 2 aromatic rings. The number of aromatic nitrogens is 3. The molecule has 0 aliphatic rings. The van der Waals surface area contributed by atoms with Gasteiger partial charge in [0.05, 0.1) is 32.0 Å². The van der Waals surface area contributed by atoms with Crippen LogP contribution in [0.25, 0.3) is 0 Å². The third kappa shape index (κ3) is 4.63. The molecule has 0 saturated heterocycles. The number of carbonyl (C=O) groups excluding carboxylic acids is 2. The number of hydrogen-bond acceptors (Lipinski definition) is 7. The van der Waals surface area contributed by atoms with E-state index in [1.807, 2.05) is 0 Å². The monoisotopic (exact) mass is 347 g/mol. The highest BCUT2D eigenvalue weighted by Crippen LogP contribution is 2.11. The van der Waals surface area contributed by atoms with Gasteiger partial charge in [-0.3, -0.25) is 9.59 Å². The Bertz CT molecular complexity index is 752. The van der Waals surface area contributed by atoms with Gasteiger partial charge in [0, 0.05) is 12.6 Å². The number of benzene rings is 1. The molecule has 0 fully saturated rings. The van der Waals surface area contributed by atoms with Gasteiger partial charge in [-0.1, -0.05) is 17.3 Å². The van der Waals surface area contributed by atoms with Crippen molar-refractivity contribution in [3.8, 4) is 0 Å². The predicted octanol–water partition coefficient (Wildman–Crippen LogP) is 0.529. The number of hydrogen-bond donors (Lipinski definition) is 1. The molecule has 0 aliphatic carbocycles. The molecule has 132 valence electrons. The topological polar surface area (TPSA) is 121 Å². The van der Waals surface area contributed by atoms with Crippen molar-refractivity contribution in [1.82, 2.24) is 15.0 Å². The Labute approximate surface area is 143 Å². The second-order valence-corrected chi connectivity index (χ2v) is 5.21. The minimum absolute atomic E-state index is 0.0112. The first-order valence-electron chi connectivity index (χ1n) is 7.31. The maximum Gasteiger partial charge on any atom is 0.335 e. The molecule has 0 spiro atoms. The first-order valence-corrected chi connectivity index (χ1v) is 7.31. The van der Waals surface area contributed by atoms with Gasteiger partial charge in [-0.05, 0) is 17.7 Å². The summed E-state index contributed by atoms with van der Waals surface area (Å²) in [4.78, 5) is 34.2. The molecule has 9 heteroatoms. The molecule has 0 aliphatic heterocycles. The van der Waals surface area contributed by atoms with Crippen LogP contribution in [0.15, 0.2) is 30.5 Å². The summed E-state index contributed by atoms with van der Waals surface area (Å²) in [5.74, 6) is -3.50. The second kappa shape index (κ2) is 8.04. The lowest BCUT2D eigenvalue weighted by atomic mass is 10.0. The fraction of sp³-hybridized carbons (Fsp3) is 0.312. The number of carboxylic acids is 1. The summed E-state index contributed by atoms with van der Waals surface area (Å²) in [6, 6.07) is 6.35. The van der Waals surface area contributed by atoms with Crippen LogP contribution in [0.5, 0.6) is 0 Å². The molecular weight excluding hydrogens is 330 g/mol. The zero-order chi connectivity index (χ0) is 18.4. The third-order valence-electron chi connectivity index (χ3n) is 3.52. The summed E-state index contributed by atoms with van der Waals surface area (Å²) in [7, 11) is 2.38. The van der Waals surface area contributed by atoms with Crippen molar-refractivity contribution in [1.29, 1.82) is 0 Å². The largest absolute Gasteiger partial charge is 0.478 e. The molecule has 1 N–H and O–H groups in total. The number of carbonyl (C=O) groups is 3. The average Bonchev–Trinajstić information content (AvgIpc) is 3.05. The van der Waals surface area contributed by atoms with Gasteiger partial charge in [0.1, 0.15) is 0 Å². The van der Waals surface area contributed by atoms with E-state index >= 15 is 0 Å². The minimum atomic E-state index is -1.10. The lowest BCUT2D eigenvalue weighted by molar-refractivity contribution is -0.158. The Morgan fingerprint density at radius 2 is 1.72 bits per heavy atom. The van der Waals surface area contributed by atoms with Crippen LogP contribution < -0.4 is 0 Å². The molecule has 1 aromatic heterocycles. The zero-order valence-corrected chi connectivity index (χ0v) is 13.7. The van der Waals surface area contributed by atoms with Crippen molar-refractivity contribution >= 4 is 17.9 Å². The van der Waals surface area contributed by atoms with Gasteiger partial charge < -0.3 is 14.6 Å². The molecule has 0 unspecified atom stereocenters. The number of carboxylic acid groups (broad SMARTS) is 1. The molecule has 0 saturated carbocycles. The van der Waals surface area contributed by atoms with E-state index in [2.05, 4.69) is 19.8 Å². The van der Waals surface area contributed by atoms with Gasteiger partial charge >= 0.3 is 17.9 Å². The fourth-order valence-corrected chi connectivity index (χ4v) is 2.21. The molecule has 0 radical (unpaired) electrons. The number of aromatic carboxylic acids is 1. The number of esters is 2. The SMILES string of the molecule is COC(=O)C(Cc1cn(Cc2ccc(C(=O)O)cc2)nn1)C(=O)OC. The standard InChI is InChI=1S/C16H17N3O6/c1-24-15(22)13(16(23)25-2)7-12-9-19(18-17-12)8-10-3-5-11(6-4-10)14(20)21/h3-6,9,13H,7-8H2,1-2H3,(H,20,21). The maximum atomic E-state index is 11.7. The lowest BCUT2D eigenvalue weighted by Gasteiger charge is -2.10. The molecule has 0 bridgehead atoms. The van der Waals surface area contributed by atoms with Crippen molar-refractivity contribution in [3.63, 3.8) is 0 Å². The number of methoxy groups -OCH3 is 2. The van der Waals surface area contributed by atoms with Gasteiger partial charge in [0.2, 0.25) is 0 Å². The highest BCUT2D eigenvalue weighted by molar-refractivity contribution is 5.95.